The Labute approximate surface area is 98.5 Å². The predicted molar refractivity (Wildman–Crippen MR) is 65.0 cm³/mol. The summed E-state index contributed by atoms with van der Waals surface area (Å²) in [5.41, 5.74) is 6.32. The van der Waals surface area contributed by atoms with Gasteiger partial charge < -0.3 is 15.0 Å². The first-order valence-electron chi connectivity index (χ1n) is 5.15. The molecule has 0 atom stereocenters. The first-order chi connectivity index (χ1) is 8.20. The summed E-state index contributed by atoms with van der Waals surface area (Å²) >= 11 is 0. The van der Waals surface area contributed by atoms with Crippen LogP contribution in [0.4, 0.5) is 5.95 Å². The largest absolute Gasteiger partial charge is 0.490 e. The second-order valence-corrected chi connectivity index (χ2v) is 3.59. The maximum absolute atomic E-state index is 11.3. The monoisotopic (exact) mass is 231 g/mol. The van der Waals surface area contributed by atoms with Gasteiger partial charge in [-0.1, -0.05) is 30.3 Å². The molecule has 0 spiro atoms. The molecular formula is C12H13N3O2. The van der Waals surface area contributed by atoms with Crippen LogP contribution >= 0.6 is 0 Å². The lowest BCUT2D eigenvalue weighted by Gasteiger charge is -2.10. The Bertz CT molecular complexity index is 564. The van der Waals surface area contributed by atoms with E-state index in [1.165, 1.54) is 7.11 Å². The summed E-state index contributed by atoms with van der Waals surface area (Å²) in [5.74, 6) is 0.370. The van der Waals surface area contributed by atoms with E-state index in [0.29, 0.717) is 6.54 Å². The molecule has 88 valence electrons. The second-order valence-electron chi connectivity index (χ2n) is 3.59. The Kier molecular flexibility index (Phi) is 3.09. The van der Waals surface area contributed by atoms with Gasteiger partial charge in [0, 0.05) is 0 Å². The van der Waals surface area contributed by atoms with Gasteiger partial charge in [0.05, 0.1) is 19.9 Å². The molecule has 0 saturated heterocycles. The third kappa shape index (κ3) is 2.44. The van der Waals surface area contributed by atoms with Crippen molar-refractivity contribution in [2.24, 2.45) is 0 Å². The minimum Gasteiger partial charge on any atom is -0.490 e. The molecule has 0 aliphatic heterocycles. The molecule has 0 aliphatic rings. The van der Waals surface area contributed by atoms with Gasteiger partial charge in [-0.3, -0.25) is 4.79 Å². The minimum atomic E-state index is -0.450. The van der Waals surface area contributed by atoms with Crippen molar-refractivity contribution in [3.05, 3.63) is 52.4 Å². The van der Waals surface area contributed by atoms with E-state index < -0.39 is 5.56 Å². The first kappa shape index (κ1) is 11.2. The van der Waals surface area contributed by atoms with E-state index in [1.807, 2.05) is 30.3 Å². The van der Waals surface area contributed by atoms with Crippen molar-refractivity contribution < 1.29 is 4.74 Å². The zero-order valence-electron chi connectivity index (χ0n) is 9.46. The molecule has 2 N–H and O–H groups in total. The Hall–Kier alpha value is -2.30. The van der Waals surface area contributed by atoms with Crippen molar-refractivity contribution >= 4 is 5.95 Å². The zero-order valence-corrected chi connectivity index (χ0v) is 9.46. The van der Waals surface area contributed by atoms with Gasteiger partial charge in [-0.2, -0.15) is 4.98 Å². The highest BCUT2D eigenvalue weighted by Crippen LogP contribution is 2.09. The number of rotatable bonds is 3. The highest BCUT2D eigenvalue weighted by atomic mass is 16.5. The summed E-state index contributed by atoms with van der Waals surface area (Å²) in [4.78, 5) is 15.0. The number of nitrogen functional groups attached to an aromatic ring is 1. The molecule has 1 aromatic carbocycles. The van der Waals surface area contributed by atoms with E-state index >= 15 is 0 Å². The smallest absolute Gasteiger partial charge is 0.316 e. The average Bonchev–Trinajstić information content (AvgIpc) is 2.34. The molecule has 0 aliphatic carbocycles. The number of ether oxygens (including phenoxy) is 1. The van der Waals surface area contributed by atoms with Gasteiger partial charge in [-0.05, 0) is 5.56 Å². The van der Waals surface area contributed by atoms with Gasteiger partial charge in [-0.25, -0.2) is 0 Å². The standard InChI is InChI=1S/C12H13N3O2/c1-17-10-8-15(12(13)14-11(10)16)7-9-5-3-2-4-6-9/h2-6,8H,7H2,1H3,(H2,13,14,16). The van der Waals surface area contributed by atoms with E-state index in [-0.39, 0.29) is 11.7 Å². The molecule has 5 heteroatoms. The zero-order chi connectivity index (χ0) is 12.3. The second kappa shape index (κ2) is 4.69. The molecular weight excluding hydrogens is 218 g/mol. The fraction of sp³-hybridized carbons (Fsp3) is 0.167. The Morgan fingerprint density at radius 1 is 1.35 bits per heavy atom. The number of benzene rings is 1. The van der Waals surface area contributed by atoms with Gasteiger partial charge >= 0.3 is 5.56 Å². The molecule has 0 bridgehead atoms. The van der Waals surface area contributed by atoms with Crippen LogP contribution in [0.5, 0.6) is 5.75 Å². The molecule has 1 aromatic heterocycles. The maximum Gasteiger partial charge on any atom is 0.316 e. The van der Waals surface area contributed by atoms with Crippen molar-refractivity contribution in [3.63, 3.8) is 0 Å². The summed E-state index contributed by atoms with van der Waals surface area (Å²) in [6.07, 6.45) is 1.57. The van der Waals surface area contributed by atoms with Crippen LogP contribution in [-0.2, 0) is 6.54 Å². The molecule has 1 heterocycles. The number of nitrogens with zero attached hydrogens (tertiary/aromatic N) is 2. The summed E-state index contributed by atoms with van der Waals surface area (Å²) in [6.45, 7) is 0.552. The van der Waals surface area contributed by atoms with Gasteiger partial charge in [0.1, 0.15) is 0 Å². The molecule has 5 nitrogen and oxygen atoms in total. The normalized spacial score (nSPS) is 10.2. The summed E-state index contributed by atoms with van der Waals surface area (Å²) in [6, 6.07) is 9.78. The first-order valence-corrected chi connectivity index (χ1v) is 5.15. The quantitative estimate of drug-likeness (QED) is 0.851. The van der Waals surface area contributed by atoms with Crippen LogP contribution in [0.1, 0.15) is 5.56 Å². The van der Waals surface area contributed by atoms with Gasteiger partial charge in [0.25, 0.3) is 0 Å². The van der Waals surface area contributed by atoms with Crippen LogP contribution in [0.3, 0.4) is 0 Å². The summed E-state index contributed by atoms with van der Waals surface area (Å²) in [7, 11) is 1.43. The molecule has 0 unspecified atom stereocenters. The SMILES string of the molecule is COc1cn(Cc2ccccc2)c(N)nc1=O. The van der Waals surface area contributed by atoms with E-state index in [1.54, 1.807) is 10.8 Å². The summed E-state index contributed by atoms with van der Waals surface area (Å²) < 4.78 is 6.60. The third-order valence-electron chi connectivity index (χ3n) is 2.41. The van der Waals surface area contributed by atoms with E-state index in [2.05, 4.69) is 4.98 Å². The van der Waals surface area contributed by atoms with Crippen molar-refractivity contribution in [2.75, 3.05) is 12.8 Å². The van der Waals surface area contributed by atoms with E-state index in [0.717, 1.165) is 5.56 Å². The number of aromatic nitrogens is 2. The number of hydrogen-bond donors (Lipinski definition) is 1. The van der Waals surface area contributed by atoms with Crippen LogP contribution in [0.15, 0.2) is 41.3 Å². The van der Waals surface area contributed by atoms with Crippen LogP contribution in [0, 0.1) is 0 Å². The van der Waals surface area contributed by atoms with Crippen LogP contribution in [0.25, 0.3) is 0 Å². The van der Waals surface area contributed by atoms with E-state index in [4.69, 9.17) is 10.5 Å². The lowest BCUT2D eigenvalue weighted by Crippen LogP contribution is -2.18. The Morgan fingerprint density at radius 2 is 2.06 bits per heavy atom. The molecule has 2 aromatic rings. The Morgan fingerprint density at radius 3 is 2.71 bits per heavy atom. The fourth-order valence-electron chi connectivity index (χ4n) is 1.53. The number of anilines is 1. The predicted octanol–water partition coefficient (Wildman–Crippen LogP) is 0.882. The molecule has 0 radical (unpaired) electrons. The third-order valence-corrected chi connectivity index (χ3v) is 2.41. The molecule has 0 saturated carbocycles. The maximum atomic E-state index is 11.3. The van der Waals surface area contributed by atoms with Gasteiger partial charge in [-0.15, -0.1) is 0 Å². The lowest BCUT2D eigenvalue weighted by atomic mass is 10.2. The van der Waals surface area contributed by atoms with Crippen molar-refractivity contribution in [1.29, 1.82) is 0 Å². The molecule has 0 fully saturated rings. The lowest BCUT2D eigenvalue weighted by molar-refractivity contribution is 0.402. The van der Waals surface area contributed by atoms with Crippen molar-refractivity contribution in [3.8, 4) is 5.75 Å². The van der Waals surface area contributed by atoms with Gasteiger partial charge in [0.15, 0.2) is 0 Å². The number of nitrogens with two attached hydrogens (primary N) is 1. The van der Waals surface area contributed by atoms with Crippen molar-refractivity contribution in [1.82, 2.24) is 9.55 Å². The van der Waals surface area contributed by atoms with Crippen LogP contribution in [0.2, 0.25) is 0 Å². The molecule has 2 rings (SSSR count). The van der Waals surface area contributed by atoms with Crippen LogP contribution in [-0.4, -0.2) is 16.7 Å². The number of hydrogen-bond acceptors (Lipinski definition) is 4. The minimum absolute atomic E-state index is 0.180. The number of methoxy groups -OCH3 is 1. The fourth-order valence-corrected chi connectivity index (χ4v) is 1.53. The topological polar surface area (TPSA) is 70.1 Å². The highest BCUT2D eigenvalue weighted by Gasteiger charge is 2.06. The Balaban J connectivity index is 2.36. The highest BCUT2D eigenvalue weighted by molar-refractivity contribution is 5.26. The van der Waals surface area contributed by atoms with Crippen LogP contribution < -0.4 is 16.0 Å². The molecule has 0 amide bonds. The summed E-state index contributed by atoms with van der Waals surface area (Å²) in [5, 5.41) is 0. The van der Waals surface area contributed by atoms with Gasteiger partial charge in [0.2, 0.25) is 11.7 Å². The van der Waals surface area contributed by atoms with E-state index in [9.17, 15) is 4.79 Å². The molecule has 17 heavy (non-hydrogen) atoms. The van der Waals surface area contributed by atoms with Crippen molar-refractivity contribution in [2.45, 2.75) is 6.54 Å². The average molecular weight is 231 g/mol.